The van der Waals surface area contributed by atoms with E-state index in [0.717, 1.165) is 60.0 Å². The number of methoxy groups -OCH3 is 1. The van der Waals surface area contributed by atoms with Crippen molar-refractivity contribution in [1.29, 1.82) is 0 Å². The average molecular weight is 375 g/mol. The van der Waals surface area contributed by atoms with Crippen LogP contribution in [0, 0.1) is 19.8 Å². The van der Waals surface area contributed by atoms with E-state index in [1.54, 1.807) is 0 Å². The topological polar surface area (TPSA) is 64.5 Å². The fourth-order valence-corrected chi connectivity index (χ4v) is 5.33. The van der Waals surface area contributed by atoms with Crippen LogP contribution in [0.15, 0.2) is 0 Å². The molecule has 0 aliphatic carbocycles. The summed E-state index contributed by atoms with van der Waals surface area (Å²) >= 11 is 1.40. The maximum atomic E-state index is 12.1. The van der Waals surface area contributed by atoms with E-state index in [4.69, 9.17) is 14.5 Å². The highest BCUT2D eigenvalue weighted by Crippen LogP contribution is 2.38. The van der Waals surface area contributed by atoms with Gasteiger partial charge in [0, 0.05) is 19.7 Å². The van der Waals surface area contributed by atoms with Crippen molar-refractivity contribution < 1.29 is 14.3 Å². The maximum absolute atomic E-state index is 12.1. The SMILES string of the molecule is COC(=O)c1sc2nc(C)nc(N3CCC(C4CCCO4)CC3)c2c1C. The van der Waals surface area contributed by atoms with Crippen molar-refractivity contribution in [3.05, 3.63) is 16.3 Å². The Hall–Kier alpha value is -1.73. The second-order valence-corrected chi connectivity index (χ2v) is 8.20. The van der Waals surface area contributed by atoms with Crippen LogP contribution in [0.1, 0.15) is 46.7 Å². The summed E-state index contributed by atoms with van der Waals surface area (Å²) in [6.07, 6.45) is 5.09. The van der Waals surface area contributed by atoms with E-state index in [-0.39, 0.29) is 5.97 Å². The highest BCUT2D eigenvalue weighted by Gasteiger charge is 2.31. The fourth-order valence-electron chi connectivity index (χ4n) is 4.20. The normalized spacial score (nSPS) is 21.5. The molecule has 4 heterocycles. The molecule has 2 aliphatic heterocycles. The van der Waals surface area contributed by atoms with Gasteiger partial charge >= 0.3 is 5.97 Å². The van der Waals surface area contributed by atoms with Crippen LogP contribution in [0.4, 0.5) is 5.82 Å². The summed E-state index contributed by atoms with van der Waals surface area (Å²) in [5.74, 6) is 2.06. The molecule has 6 nitrogen and oxygen atoms in total. The Labute approximate surface area is 157 Å². The van der Waals surface area contributed by atoms with E-state index in [0.29, 0.717) is 16.9 Å². The van der Waals surface area contributed by atoms with Crippen LogP contribution >= 0.6 is 11.3 Å². The third kappa shape index (κ3) is 3.07. The molecular weight excluding hydrogens is 350 g/mol. The van der Waals surface area contributed by atoms with Gasteiger partial charge in [-0.2, -0.15) is 0 Å². The van der Waals surface area contributed by atoms with Gasteiger partial charge < -0.3 is 14.4 Å². The molecule has 2 aromatic heterocycles. The number of rotatable bonds is 3. The lowest BCUT2D eigenvalue weighted by molar-refractivity contribution is 0.0531. The molecule has 2 aromatic rings. The lowest BCUT2D eigenvalue weighted by atomic mass is 9.89. The van der Waals surface area contributed by atoms with Crippen molar-refractivity contribution in [3.8, 4) is 0 Å². The summed E-state index contributed by atoms with van der Waals surface area (Å²) in [5, 5.41) is 0.997. The van der Waals surface area contributed by atoms with E-state index in [1.807, 2.05) is 13.8 Å². The van der Waals surface area contributed by atoms with Gasteiger partial charge in [0.2, 0.25) is 0 Å². The van der Waals surface area contributed by atoms with Crippen molar-refractivity contribution in [2.45, 2.75) is 45.6 Å². The van der Waals surface area contributed by atoms with E-state index in [9.17, 15) is 4.79 Å². The first-order chi connectivity index (χ1) is 12.6. The number of hydrogen-bond acceptors (Lipinski definition) is 7. The standard InChI is InChI=1S/C19H25N3O3S/c1-11-15-17(20-12(2)21-18(15)26-16(11)19(23)24-3)22-8-6-13(7-9-22)14-5-4-10-25-14/h13-14H,4-10H2,1-3H3. The molecule has 2 aliphatic rings. The Kier molecular flexibility index (Phi) is 4.84. The molecule has 4 rings (SSSR count). The third-order valence-corrected chi connectivity index (χ3v) is 6.75. The predicted octanol–water partition coefficient (Wildman–Crippen LogP) is 3.49. The molecule has 2 saturated heterocycles. The number of anilines is 1. The van der Waals surface area contributed by atoms with Gasteiger partial charge in [0.1, 0.15) is 21.3 Å². The number of aryl methyl sites for hydroxylation is 2. The lowest BCUT2D eigenvalue weighted by Crippen LogP contribution is -2.38. The van der Waals surface area contributed by atoms with Crippen LogP contribution in [0.25, 0.3) is 10.2 Å². The number of hydrogen-bond donors (Lipinski definition) is 0. The molecule has 0 amide bonds. The summed E-state index contributed by atoms with van der Waals surface area (Å²) in [4.78, 5) is 25.2. The van der Waals surface area contributed by atoms with Crippen LogP contribution in [-0.2, 0) is 9.47 Å². The van der Waals surface area contributed by atoms with Crippen LogP contribution in [-0.4, -0.2) is 48.8 Å². The van der Waals surface area contributed by atoms with Gasteiger partial charge in [-0.25, -0.2) is 14.8 Å². The number of nitrogens with zero attached hydrogens (tertiary/aromatic N) is 3. The quantitative estimate of drug-likeness (QED) is 0.765. The van der Waals surface area contributed by atoms with Gasteiger partial charge in [0.05, 0.1) is 18.6 Å². The highest BCUT2D eigenvalue weighted by molar-refractivity contribution is 7.20. The smallest absolute Gasteiger partial charge is 0.348 e. The zero-order chi connectivity index (χ0) is 18.3. The minimum absolute atomic E-state index is 0.300. The summed E-state index contributed by atoms with van der Waals surface area (Å²) in [6, 6.07) is 0. The number of aromatic nitrogens is 2. The number of piperidine rings is 1. The average Bonchev–Trinajstić information content (AvgIpc) is 3.29. The first-order valence-corrected chi connectivity index (χ1v) is 10.1. The van der Waals surface area contributed by atoms with Crippen LogP contribution in [0.2, 0.25) is 0 Å². The van der Waals surface area contributed by atoms with E-state index in [1.165, 1.54) is 31.3 Å². The summed E-state index contributed by atoms with van der Waals surface area (Å²) in [7, 11) is 1.42. The Bertz CT molecular complexity index is 821. The number of ether oxygens (including phenoxy) is 2. The molecule has 0 N–H and O–H groups in total. The first kappa shape index (κ1) is 17.7. The van der Waals surface area contributed by atoms with Crippen molar-refractivity contribution >= 4 is 33.3 Å². The molecular formula is C19H25N3O3S. The summed E-state index contributed by atoms with van der Waals surface area (Å²) < 4.78 is 10.8. The monoisotopic (exact) mass is 375 g/mol. The molecule has 0 aromatic carbocycles. The number of fused-ring (bicyclic) bond motifs is 1. The molecule has 0 spiro atoms. The minimum atomic E-state index is -0.300. The zero-order valence-electron chi connectivity index (χ0n) is 15.6. The van der Waals surface area contributed by atoms with Gasteiger partial charge in [-0.05, 0) is 51.0 Å². The van der Waals surface area contributed by atoms with E-state index >= 15 is 0 Å². The molecule has 1 atom stereocenters. The molecule has 0 bridgehead atoms. The molecule has 7 heteroatoms. The summed E-state index contributed by atoms with van der Waals surface area (Å²) in [6.45, 7) is 6.74. The van der Waals surface area contributed by atoms with Crippen molar-refractivity contribution in [1.82, 2.24) is 9.97 Å². The molecule has 0 radical (unpaired) electrons. The molecule has 2 fully saturated rings. The third-order valence-electron chi connectivity index (χ3n) is 5.58. The van der Waals surface area contributed by atoms with Crippen LogP contribution in [0.5, 0.6) is 0 Å². The highest BCUT2D eigenvalue weighted by atomic mass is 32.1. The predicted molar refractivity (Wildman–Crippen MR) is 102 cm³/mol. The van der Waals surface area contributed by atoms with Gasteiger partial charge in [-0.1, -0.05) is 0 Å². The van der Waals surface area contributed by atoms with Crippen LogP contribution in [0.3, 0.4) is 0 Å². The van der Waals surface area contributed by atoms with Crippen molar-refractivity contribution in [2.24, 2.45) is 5.92 Å². The van der Waals surface area contributed by atoms with Gasteiger partial charge in [-0.3, -0.25) is 0 Å². The molecule has 1 unspecified atom stereocenters. The number of carbonyl (C=O) groups is 1. The molecule has 140 valence electrons. The van der Waals surface area contributed by atoms with Gasteiger partial charge in [0.15, 0.2) is 0 Å². The molecule has 0 saturated carbocycles. The van der Waals surface area contributed by atoms with Crippen molar-refractivity contribution in [2.75, 3.05) is 31.7 Å². The van der Waals surface area contributed by atoms with Gasteiger partial charge in [0.25, 0.3) is 0 Å². The maximum Gasteiger partial charge on any atom is 0.348 e. The Morgan fingerprint density at radius 3 is 2.65 bits per heavy atom. The fraction of sp³-hybridized carbons (Fsp3) is 0.632. The first-order valence-electron chi connectivity index (χ1n) is 9.31. The summed E-state index contributed by atoms with van der Waals surface area (Å²) in [5.41, 5.74) is 0.924. The second-order valence-electron chi connectivity index (χ2n) is 7.20. The minimum Gasteiger partial charge on any atom is -0.465 e. The lowest BCUT2D eigenvalue weighted by Gasteiger charge is -2.35. The largest absolute Gasteiger partial charge is 0.465 e. The van der Waals surface area contributed by atoms with Crippen LogP contribution < -0.4 is 4.90 Å². The Balaban J connectivity index is 1.64. The number of esters is 1. The number of thiophene rings is 1. The second kappa shape index (κ2) is 7.12. The number of carbonyl (C=O) groups excluding carboxylic acids is 1. The van der Waals surface area contributed by atoms with Crippen molar-refractivity contribution in [3.63, 3.8) is 0 Å². The zero-order valence-corrected chi connectivity index (χ0v) is 16.4. The Morgan fingerprint density at radius 2 is 2.00 bits per heavy atom. The Morgan fingerprint density at radius 1 is 1.23 bits per heavy atom. The molecule has 26 heavy (non-hydrogen) atoms. The van der Waals surface area contributed by atoms with Gasteiger partial charge in [-0.15, -0.1) is 11.3 Å². The van der Waals surface area contributed by atoms with E-state index in [2.05, 4.69) is 9.88 Å². The van der Waals surface area contributed by atoms with E-state index < -0.39 is 0 Å².